The van der Waals surface area contributed by atoms with Gasteiger partial charge in [-0.2, -0.15) is 0 Å². The number of H-pyrrole nitrogens is 1. The van der Waals surface area contributed by atoms with Crippen LogP contribution >= 0.6 is 0 Å². The van der Waals surface area contributed by atoms with E-state index in [0.717, 1.165) is 41.7 Å². The second-order valence-corrected chi connectivity index (χ2v) is 6.80. The van der Waals surface area contributed by atoms with E-state index >= 15 is 0 Å². The number of hydrogen-bond acceptors (Lipinski definition) is 3. The van der Waals surface area contributed by atoms with Gasteiger partial charge in [-0.05, 0) is 36.5 Å². The summed E-state index contributed by atoms with van der Waals surface area (Å²) in [4.78, 5) is 17.3. The highest BCUT2D eigenvalue weighted by molar-refractivity contribution is 5.90. The molecule has 0 bridgehead atoms. The molecule has 0 unspecified atom stereocenters. The summed E-state index contributed by atoms with van der Waals surface area (Å²) in [5, 5.41) is 10.8. The Morgan fingerprint density at radius 1 is 1.35 bits per heavy atom. The number of rotatable bonds is 4. The third kappa shape index (κ3) is 3.06. The van der Waals surface area contributed by atoms with Crippen LogP contribution in [-0.4, -0.2) is 41.2 Å². The molecule has 0 aliphatic carbocycles. The van der Waals surface area contributed by atoms with Gasteiger partial charge in [-0.15, -0.1) is 0 Å². The maximum atomic E-state index is 12.0. The number of benzene rings is 1. The quantitative estimate of drug-likeness (QED) is 0.908. The topological polar surface area (TPSA) is 65.6 Å². The van der Waals surface area contributed by atoms with E-state index < -0.39 is 12.0 Å². The van der Waals surface area contributed by atoms with E-state index in [1.807, 2.05) is 24.4 Å². The summed E-state index contributed by atoms with van der Waals surface area (Å²) in [6.07, 6.45) is 2.98. The Morgan fingerprint density at radius 2 is 2.04 bits per heavy atom. The average Bonchev–Trinajstić information content (AvgIpc) is 2.89. The van der Waals surface area contributed by atoms with E-state index in [1.54, 1.807) is 7.11 Å². The fourth-order valence-electron chi connectivity index (χ4n) is 3.88. The van der Waals surface area contributed by atoms with Gasteiger partial charge in [0.25, 0.3) is 0 Å². The first-order chi connectivity index (χ1) is 11.0. The molecule has 1 aliphatic rings. The van der Waals surface area contributed by atoms with Crippen LogP contribution < -0.4 is 4.74 Å². The lowest BCUT2D eigenvalue weighted by atomic mass is 9.89. The molecule has 0 spiro atoms. The molecule has 23 heavy (non-hydrogen) atoms. The van der Waals surface area contributed by atoms with Crippen LogP contribution in [-0.2, 0) is 4.79 Å². The van der Waals surface area contributed by atoms with Crippen molar-refractivity contribution in [1.29, 1.82) is 0 Å². The molecule has 0 saturated carbocycles. The van der Waals surface area contributed by atoms with Crippen molar-refractivity contribution in [2.24, 2.45) is 11.8 Å². The minimum Gasteiger partial charge on any atom is -0.497 e. The van der Waals surface area contributed by atoms with Gasteiger partial charge >= 0.3 is 5.97 Å². The molecular formula is C18H24N2O3. The summed E-state index contributed by atoms with van der Waals surface area (Å²) < 4.78 is 5.29. The van der Waals surface area contributed by atoms with Crippen molar-refractivity contribution in [2.75, 3.05) is 20.2 Å². The molecule has 5 nitrogen and oxygen atoms in total. The molecule has 0 amide bonds. The highest BCUT2D eigenvalue weighted by Gasteiger charge is 2.34. The highest BCUT2D eigenvalue weighted by Crippen LogP contribution is 2.34. The summed E-state index contributed by atoms with van der Waals surface area (Å²) in [5.41, 5.74) is 1.75. The second kappa shape index (κ2) is 6.24. The number of ether oxygens (including phenoxy) is 1. The maximum absolute atomic E-state index is 12.0. The molecule has 3 atom stereocenters. The number of nitrogens with zero attached hydrogens (tertiary/aromatic N) is 1. The number of nitrogens with one attached hydrogen (secondary N) is 1. The molecule has 5 heteroatoms. The SMILES string of the molecule is COc1ccc2[nH]cc([C@H](C(=O)O)N3C[C@H](C)C[C@@H](C)C3)c2c1. The molecule has 2 aromatic rings. The van der Waals surface area contributed by atoms with E-state index in [0.29, 0.717) is 11.8 Å². The molecular weight excluding hydrogens is 292 g/mol. The lowest BCUT2D eigenvalue weighted by molar-refractivity contribution is -0.144. The predicted molar refractivity (Wildman–Crippen MR) is 89.7 cm³/mol. The van der Waals surface area contributed by atoms with Crippen molar-refractivity contribution < 1.29 is 14.6 Å². The highest BCUT2D eigenvalue weighted by atomic mass is 16.5. The molecule has 2 N–H and O–H groups in total. The Morgan fingerprint density at radius 3 is 2.65 bits per heavy atom. The fraction of sp³-hybridized carbons (Fsp3) is 0.500. The number of methoxy groups -OCH3 is 1. The summed E-state index contributed by atoms with van der Waals surface area (Å²) in [7, 11) is 1.62. The van der Waals surface area contributed by atoms with Crippen molar-refractivity contribution in [3.63, 3.8) is 0 Å². The van der Waals surface area contributed by atoms with Gasteiger partial charge in [0, 0.05) is 35.8 Å². The lowest BCUT2D eigenvalue weighted by Gasteiger charge is -2.38. The number of likely N-dealkylation sites (tertiary alicyclic amines) is 1. The zero-order chi connectivity index (χ0) is 16.6. The smallest absolute Gasteiger partial charge is 0.325 e. The summed E-state index contributed by atoms with van der Waals surface area (Å²) in [6, 6.07) is 5.09. The number of aromatic nitrogens is 1. The van der Waals surface area contributed by atoms with Gasteiger partial charge < -0.3 is 14.8 Å². The van der Waals surface area contributed by atoms with Gasteiger partial charge in [-0.1, -0.05) is 13.8 Å². The number of aliphatic carboxylic acids is 1. The van der Waals surface area contributed by atoms with Gasteiger partial charge in [0.15, 0.2) is 0 Å². The van der Waals surface area contributed by atoms with Gasteiger partial charge in [-0.25, -0.2) is 0 Å². The Labute approximate surface area is 136 Å². The molecule has 1 aromatic heterocycles. The number of carboxylic acid groups (broad SMARTS) is 1. The van der Waals surface area contributed by atoms with Crippen LogP contribution in [0.2, 0.25) is 0 Å². The first-order valence-electron chi connectivity index (χ1n) is 8.11. The van der Waals surface area contributed by atoms with E-state index in [2.05, 4.69) is 23.7 Å². The van der Waals surface area contributed by atoms with Gasteiger partial charge in [-0.3, -0.25) is 9.69 Å². The molecule has 124 valence electrons. The molecule has 3 rings (SSSR count). The summed E-state index contributed by atoms with van der Waals surface area (Å²) in [6.45, 7) is 6.02. The van der Waals surface area contributed by atoms with Gasteiger partial charge in [0.1, 0.15) is 11.8 Å². The van der Waals surface area contributed by atoms with Gasteiger partial charge in [0.2, 0.25) is 0 Å². The van der Waals surface area contributed by atoms with Crippen LogP contribution in [0.25, 0.3) is 10.9 Å². The van der Waals surface area contributed by atoms with Crippen molar-refractivity contribution >= 4 is 16.9 Å². The van der Waals surface area contributed by atoms with Gasteiger partial charge in [0.05, 0.1) is 7.11 Å². The zero-order valence-electron chi connectivity index (χ0n) is 13.9. The molecule has 1 aromatic carbocycles. The van der Waals surface area contributed by atoms with E-state index in [-0.39, 0.29) is 0 Å². The van der Waals surface area contributed by atoms with Crippen LogP contribution in [0.1, 0.15) is 31.9 Å². The second-order valence-electron chi connectivity index (χ2n) is 6.80. The average molecular weight is 316 g/mol. The zero-order valence-corrected chi connectivity index (χ0v) is 13.9. The Bertz CT molecular complexity index is 699. The fourth-order valence-corrected chi connectivity index (χ4v) is 3.88. The molecule has 2 heterocycles. The third-order valence-electron chi connectivity index (χ3n) is 4.71. The van der Waals surface area contributed by atoms with E-state index in [1.165, 1.54) is 0 Å². The molecule has 1 aliphatic heterocycles. The van der Waals surface area contributed by atoms with E-state index in [4.69, 9.17) is 4.74 Å². The first-order valence-corrected chi connectivity index (χ1v) is 8.11. The lowest BCUT2D eigenvalue weighted by Crippen LogP contribution is -2.43. The minimum absolute atomic E-state index is 0.514. The number of aromatic amines is 1. The van der Waals surface area contributed by atoms with Crippen molar-refractivity contribution in [3.8, 4) is 5.75 Å². The first kappa shape index (κ1) is 15.9. The molecule has 1 fully saturated rings. The molecule has 1 saturated heterocycles. The Hall–Kier alpha value is -2.01. The summed E-state index contributed by atoms with van der Waals surface area (Å²) in [5.74, 6) is 0.971. The number of carbonyl (C=O) groups is 1. The Balaban J connectivity index is 2.03. The van der Waals surface area contributed by atoms with Crippen LogP contribution in [0.4, 0.5) is 0 Å². The van der Waals surface area contributed by atoms with Crippen molar-refractivity contribution in [2.45, 2.75) is 26.3 Å². The predicted octanol–water partition coefficient (Wildman–Crippen LogP) is 3.28. The van der Waals surface area contributed by atoms with Crippen LogP contribution in [0.15, 0.2) is 24.4 Å². The van der Waals surface area contributed by atoms with Crippen LogP contribution in [0.3, 0.4) is 0 Å². The standard InChI is InChI=1S/C18H24N2O3/c1-11-6-12(2)10-20(9-11)17(18(21)22)15-8-19-16-5-4-13(23-3)7-14(15)16/h4-5,7-8,11-12,17,19H,6,9-10H2,1-3H3,(H,21,22)/t11-,12-,17-/m1/s1. The largest absolute Gasteiger partial charge is 0.497 e. The van der Waals surface area contributed by atoms with Crippen LogP contribution in [0, 0.1) is 11.8 Å². The summed E-state index contributed by atoms with van der Waals surface area (Å²) >= 11 is 0. The van der Waals surface area contributed by atoms with Crippen molar-refractivity contribution in [3.05, 3.63) is 30.0 Å². The number of hydrogen-bond donors (Lipinski definition) is 2. The number of carboxylic acids is 1. The van der Waals surface area contributed by atoms with Crippen molar-refractivity contribution in [1.82, 2.24) is 9.88 Å². The third-order valence-corrected chi connectivity index (χ3v) is 4.71. The molecule has 0 radical (unpaired) electrons. The number of fused-ring (bicyclic) bond motifs is 1. The minimum atomic E-state index is -0.796. The normalized spacial score (nSPS) is 23.8. The Kier molecular flexibility index (Phi) is 4.31. The van der Waals surface area contributed by atoms with Crippen LogP contribution in [0.5, 0.6) is 5.75 Å². The maximum Gasteiger partial charge on any atom is 0.325 e. The monoisotopic (exact) mass is 316 g/mol. The number of piperidine rings is 1. The van der Waals surface area contributed by atoms with E-state index in [9.17, 15) is 9.90 Å².